The second-order valence-electron chi connectivity index (χ2n) is 6.71. The van der Waals surface area contributed by atoms with Crippen LogP contribution in [0.4, 0.5) is 0 Å². The van der Waals surface area contributed by atoms with Crippen molar-refractivity contribution in [1.29, 1.82) is 0 Å². The van der Waals surface area contributed by atoms with Crippen LogP contribution in [0.5, 0.6) is 5.75 Å². The van der Waals surface area contributed by atoms with Crippen LogP contribution in [-0.4, -0.2) is 41.6 Å². The number of ether oxygens (including phenoxy) is 1. The Labute approximate surface area is 149 Å². The maximum Gasteiger partial charge on any atom is 0.258 e. The summed E-state index contributed by atoms with van der Waals surface area (Å²) in [7, 11) is 2.06. The zero-order valence-electron chi connectivity index (χ0n) is 15.1. The monoisotopic (exact) mass is 341 g/mol. The molecular weight excluding hydrogens is 314 g/mol. The number of carbonyl (C=O) groups is 1. The van der Waals surface area contributed by atoms with E-state index in [0.29, 0.717) is 6.54 Å². The minimum atomic E-state index is -0.0843. The van der Waals surface area contributed by atoms with Gasteiger partial charge in [-0.15, -0.1) is 0 Å². The summed E-state index contributed by atoms with van der Waals surface area (Å²) in [6.45, 7) is 4.85. The van der Waals surface area contributed by atoms with Crippen molar-refractivity contribution in [1.82, 2.24) is 14.8 Å². The van der Waals surface area contributed by atoms with E-state index in [1.165, 1.54) is 24.1 Å². The van der Waals surface area contributed by atoms with Crippen LogP contribution in [0.2, 0.25) is 0 Å². The second-order valence-corrected chi connectivity index (χ2v) is 6.71. The zero-order chi connectivity index (χ0) is 17.6. The fourth-order valence-corrected chi connectivity index (χ4v) is 3.34. The normalized spacial score (nSPS) is 15.9. The van der Waals surface area contributed by atoms with E-state index < -0.39 is 0 Å². The second kappa shape index (κ2) is 8.21. The molecule has 0 aliphatic carbocycles. The summed E-state index contributed by atoms with van der Waals surface area (Å²) in [5.41, 5.74) is 2.41. The van der Waals surface area contributed by atoms with Gasteiger partial charge in [0.25, 0.3) is 5.91 Å². The van der Waals surface area contributed by atoms with Crippen molar-refractivity contribution >= 4 is 5.91 Å². The van der Waals surface area contributed by atoms with E-state index in [4.69, 9.17) is 4.74 Å². The molecule has 0 radical (unpaired) electrons. The molecule has 1 amide bonds. The van der Waals surface area contributed by atoms with Crippen molar-refractivity contribution < 1.29 is 9.53 Å². The van der Waals surface area contributed by atoms with Gasteiger partial charge in [-0.25, -0.2) is 0 Å². The molecule has 1 aromatic carbocycles. The Hall–Kier alpha value is -2.27. The Morgan fingerprint density at radius 2 is 1.92 bits per heavy atom. The summed E-state index contributed by atoms with van der Waals surface area (Å²) in [6, 6.07) is 12.1. The molecule has 1 atom stereocenters. The van der Waals surface area contributed by atoms with Gasteiger partial charge in [-0.05, 0) is 57.1 Å². The van der Waals surface area contributed by atoms with Crippen LogP contribution in [0, 0.1) is 6.92 Å². The van der Waals surface area contributed by atoms with Crippen LogP contribution < -0.4 is 10.1 Å². The molecule has 0 spiro atoms. The highest BCUT2D eigenvalue weighted by Gasteiger charge is 2.25. The van der Waals surface area contributed by atoms with Gasteiger partial charge in [-0.3, -0.25) is 9.69 Å². The quantitative estimate of drug-likeness (QED) is 0.842. The lowest BCUT2D eigenvalue weighted by Gasteiger charge is -2.28. The summed E-state index contributed by atoms with van der Waals surface area (Å²) in [4.78, 5) is 14.7. The average molecular weight is 341 g/mol. The molecule has 1 fully saturated rings. The number of nitrogens with zero attached hydrogens (tertiary/aromatic N) is 2. The van der Waals surface area contributed by atoms with Crippen LogP contribution in [-0.2, 0) is 11.8 Å². The predicted molar refractivity (Wildman–Crippen MR) is 98.6 cm³/mol. The third-order valence-electron chi connectivity index (χ3n) is 4.79. The average Bonchev–Trinajstić information content (AvgIpc) is 3.27. The first-order chi connectivity index (χ1) is 12.1. The maximum absolute atomic E-state index is 12.2. The molecule has 1 saturated heterocycles. The molecule has 5 nitrogen and oxygen atoms in total. The number of aryl methyl sites for hydroxylation is 2. The first-order valence-corrected chi connectivity index (χ1v) is 8.95. The van der Waals surface area contributed by atoms with E-state index in [1.54, 1.807) is 0 Å². The van der Waals surface area contributed by atoms with E-state index in [2.05, 4.69) is 40.2 Å². The van der Waals surface area contributed by atoms with Crippen LogP contribution >= 0.6 is 0 Å². The Bertz CT molecular complexity index is 687. The van der Waals surface area contributed by atoms with Crippen LogP contribution in [0.15, 0.2) is 42.6 Å². The molecule has 25 heavy (non-hydrogen) atoms. The Kier molecular flexibility index (Phi) is 5.76. The highest BCUT2D eigenvalue weighted by atomic mass is 16.5. The van der Waals surface area contributed by atoms with Gasteiger partial charge in [0, 0.05) is 25.5 Å². The van der Waals surface area contributed by atoms with Gasteiger partial charge in [-0.1, -0.05) is 17.7 Å². The maximum atomic E-state index is 12.2. The molecule has 134 valence electrons. The molecule has 2 aromatic rings. The predicted octanol–water partition coefficient (Wildman–Crippen LogP) is 2.67. The summed E-state index contributed by atoms with van der Waals surface area (Å²) in [5, 5.41) is 3.04. The number of amides is 1. The van der Waals surface area contributed by atoms with Gasteiger partial charge in [0.2, 0.25) is 0 Å². The fourth-order valence-electron chi connectivity index (χ4n) is 3.34. The molecule has 1 aliphatic heterocycles. The fraction of sp³-hybridized carbons (Fsp3) is 0.450. The van der Waals surface area contributed by atoms with Crippen molar-refractivity contribution in [2.75, 3.05) is 26.2 Å². The van der Waals surface area contributed by atoms with E-state index >= 15 is 0 Å². The first-order valence-electron chi connectivity index (χ1n) is 8.95. The summed E-state index contributed by atoms with van der Waals surface area (Å²) in [5.74, 6) is 0.637. The van der Waals surface area contributed by atoms with Crippen LogP contribution in [0.25, 0.3) is 0 Å². The SMILES string of the molecule is Cc1ccc(OCC(=O)NCC(c2cccn2C)N2CCCC2)cc1. The molecule has 1 aliphatic rings. The van der Waals surface area contributed by atoms with Gasteiger partial charge >= 0.3 is 0 Å². The highest BCUT2D eigenvalue weighted by Crippen LogP contribution is 2.24. The largest absolute Gasteiger partial charge is 0.484 e. The number of benzene rings is 1. The van der Waals surface area contributed by atoms with Gasteiger partial charge in [-0.2, -0.15) is 0 Å². The minimum Gasteiger partial charge on any atom is -0.484 e. The Balaban J connectivity index is 1.54. The van der Waals surface area contributed by atoms with Gasteiger partial charge in [0.1, 0.15) is 5.75 Å². The smallest absolute Gasteiger partial charge is 0.258 e. The summed E-state index contributed by atoms with van der Waals surface area (Å²) >= 11 is 0. The minimum absolute atomic E-state index is 0.0446. The molecular formula is C20H27N3O2. The highest BCUT2D eigenvalue weighted by molar-refractivity contribution is 5.77. The molecule has 0 bridgehead atoms. The Morgan fingerprint density at radius 1 is 1.20 bits per heavy atom. The van der Waals surface area contributed by atoms with Crippen molar-refractivity contribution in [3.63, 3.8) is 0 Å². The van der Waals surface area contributed by atoms with Gasteiger partial charge in [0.05, 0.1) is 6.04 Å². The lowest BCUT2D eigenvalue weighted by atomic mass is 10.1. The molecule has 3 rings (SSSR count). The van der Waals surface area contributed by atoms with Crippen LogP contribution in [0.3, 0.4) is 0 Å². The van der Waals surface area contributed by atoms with Gasteiger partial charge < -0.3 is 14.6 Å². The topological polar surface area (TPSA) is 46.5 Å². The van der Waals surface area contributed by atoms with E-state index in [0.717, 1.165) is 18.8 Å². The number of hydrogen-bond donors (Lipinski definition) is 1. The van der Waals surface area contributed by atoms with Crippen LogP contribution in [0.1, 0.15) is 30.1 Å². The molecule has 1 N–H and O–H groups in total. The van der Waals surface area contributed by atoms with Crippen molar-refractivity contribution in [3.05, 3.63) is 53.9 Å². The molecule has 1 aromatic heterocycles. The third kappa shape index (κ3) is 4.63. The Morgan fingerprint density at radius 3 is 2.56 bits per heavy atom. The van der Waals surface area contributed by atoms with E-state index in [-0.39, 0.29) is 18.6 Å². The first kappa shape index (κ1) is 17.5. The van der Waals surface area contributed by atoms with E-state index in [9.17, 15) is 4.79 Å². The number of hydrogen-bond acceptors (Lipinski definition) is 3. The number of carbonyl (C=O) groups excluding carboxylic acids is 1. The molecule has 5 heteroatoms. The van der Waals surface area contributed by atoms with E-state index in [1.807, 2.05) is 31.2 Å². The number of rotatable bonds is 7. The molecule has 0 saturated carbocycles. The third-order valence-corrected chi connectivity index (χ3v) is 4.79. The molecule has 2 heterocycles. The standard InChI is InChI=1S/C20H27N3O2/c1-16-7-9-17(10-8-16)25-15-20(24)21-14-19(23-12-3-4-13-23)18-6-5-11-22(18)2/h5-11,19H,3-4,12-15H2,1-2H3,(H,21,24). The lowest BCUT2D eigenvalue weighted by Crippen LogP contribution is -2.39. The van der Waals surface area contributed by atoms with Crippen molar-refractivity contribution in [2.45, 2.75) is 25.8 Å². The number of likely N-dealkylation sites (tertiary alicyclic amines) is 1. The summed E-state index contributed by atoms with van der Waals surface area (Å²) < 4.78 is 7.70. The number of aromatic nitrogens is 1. The van der Waals surface area contributed by atoms with Crippen molar-refractivity contribution in [2.24, 2.45) is 7.05 Å². The zero-order valence-corrected chi connectivity index (χ0v) is 15.1. The van der Waals surface area contributed by atoms with Gasteiger partial charge in [0.15, 0.2) is 6.61 Å². The number of nitrogens with one attached hydrogen (secondary N) is 1. The molecule has 1 unspecified atom stereocenters. The lowest BCUT2D eigenvalue weighted by molar-refractivity contribution is -0.123. The summed E-state index contributed by atoms with van der Waals surface area (Å²) in [6.07, 6.45) is 4.51. The van der Waals surface area contributed by atoms with Crippen molar-refractivity contribution in [3.8, 4) is 5.75 Å².